The molecule has 0 bridgehead atoms. The lowest BCUT2D eigenvalue weighted by Crippen LogP contribution is -2.34. The van der Waals surface area contributed by atoms with Crippen LogP contribution in [-0.4, -0.2) is 40.1 Å². The summed E-state index contributed by atoms with van der Waals surface area (Å²) in [7, 11) is 1.61. The van der Waals surface area contributed by atoms with E-state index < -0.39 is 0 Å². The second-order valence-electron chi connectivity index (χ2n) is 5.27. The Balaban J connectivity index is 1.88. The highest BCUT2D eigenvalue weighted by Crippen LogP contribution is 2.08. The largest absolute Gasteiger partial charge is 0.368 e. The number of hydrogen-bond acceptors (Lipinski definition) is 6. The second-order valence-corrected chi connectivity index (χ2v) is 5.27. The molecule has 2 heterocycles. The smallest absolute Gasteiger partial charge is 0.263 e. The number of rotatable bonds is 7. The maximum Gasteiger partial charge on any atom is 0.263 e. The van der Waals surface area contributed by atoms with E-state index in [2.05, 4.69) is 25.9 Å². The number of amides is 1. The molecular formula is C16H22N6O2. The zero-order chi connectivity index (χ0) is 17.5. The van der Waals surface area contributed by atoms with Crippen LogP contribution in [0.25, 0.3) is 0 Å². The number of carbonyl (C=O) groups excluding carboxylic acids is 1. The summed E-state index contributed by atoms with van der Waals surface area (Å²) in [6.45, 7) is 5.46. The average molecular weight is 330 g/mol. The van der Waals surface area contributed by atoms with Crippen molar-refractivity contribution >= 4 is 17.7 Å². The Morgan fingerprint density at radius 1 is 1.25 bits per heavy atom. The van der Waals surface area contributed by atoms with Crippen LogP contribution in [0.5, 0.6) is 0 Å². The zero-order valence-electron chi connectivity index (χ0n) is 14.1. The Kier molecular flexibility index (Phi) is 5.89. The molecule has 0 saturated carbocycles. The van der Waals surface area contributed by atoms with Crippen LogP contribution in [0.1, 0.15) is 23.0 Å². The highest BCUT2D eigenvalue weighted by atomic mass is 16.2. The van der Waals surface area contributed by atoms with Crippen LogP contribution in [0.2, 0.25) is 0 Å². The summed E-state index contributed by atoms with van der Waals surface area (Å²) in [6.07, 6.45) is 1.61. The third-order valence-corrected chi connectivity index (χ3v) is 3.27. The molecule has 0 aliphatic heterocycles. The molecule has 0 spiro atoms. The fraction of sp³-hybridized carbons (Fsp3) is 0.375. The highest BCUT2D eigenvalue weighted by Gasteiger charge is 2.10. The number of carbonyl (C=O) groups is 1. The van der Waals surface area contributed by atoms with Gasteiger partial charge in [-0.05, 0) is 26.0 Å². The van der Waals surface area contributed by atoms with Crippen LogP contribution in [0.15, 0.2) is 29.2 Å². The molecule has 3 N–H and O–H groups in total. The molecule has 0 aromatic carbocycles. The minimum absolute atomic E-state index is 0.132. The number of nitrogens with zero attached hydrogens (tertiary/aromatic N) is 3. The first-order valence-corrected chi connectivity index (χ1v) is 7.78. The lowest BCUT2D eigenvalue weighted by molar-refractivity contribution is 0.0953. The summed E-state index contributed by atoms with van der Waals surface area (Å²) in [5.74, 6) is 0.866. The molecule has 2 aromatic rings. The summed E-state index contributed by atoms with van der Waals surface area (Å²) in [4.78, 5) is 32.5. The van der Waals surface area contributed by atoms with E-state index in [1.807, 2.05) is 19.9 Å². The molecule has 0 unspecified atom stereocenters. The van der Waals surface area contributed by atoms with E-state index in [-0.39, 0.29) is 17.0 Å². The molecule has 24 heavy (non-hydrogen) atoms. The molecule has 0 saturated heterocycles. The number of aromatic nitrogens is 3. The van der Waals surface area contributed by atoms with E-state index in [4.69, 9.17) is 0 Å². The molecule has 2 aromatic heterocycles. The van der Waals surface area contributed by atoms with Crippen molar-refractivity contribution in [1.29, 1.82) is 0 Å². The van der Waals surface area contributed by atoms with Gasteiger partial charge in [0.1, 0.15) is 11.4 Å². The summed E-state index contributed by atoms with van der Waals surface area (Å²) in [5, 5.41) is 8.91. The van der Waals surface area contributed by atoms with Crippen molar-refractivity contribution in [3.8, 4) is 0 Å². The van der Waals surface area contributed by atoms with Crippen molar-refractivity contribution in [3.05, 3.63) is 46.0 Å². The van der Waals surface area contributed by atoms with E-state index in [0.717, 1.165) is 12.2 Å². The maximum atomic E-state index is 12.0. The quantitative estimate of drug-likeness (QED) is 0.648. The predicted molar refractivity (Wildman–Crippen MR) is 93.4 cm³/mol. The van der Waals surface area contributed by atoms with Crippen molar-refractivity contribution in [2.75, 3.05) is 30.3 Å². The summed E-state index contributed by atoms with van der Waals surface area (Å²) < 4.78 is 1.37. The summed E-state index contributed by atoms with van der Waals surface area (Å²) in [5.41, 5.74) is 0.664. The predicted octanol–water partition coefficient (Wildman–Crippen LogP) is 0.757. The molecule has 0 aliphatic rings. The van der Waals surface area contributed by atoms with E-state index in [0.29, 0.717) is 24.9 Å². The highest BCUT2D eigenvalue weighted by molar-refractivity contribution is 5.93. The minimum atomic E-state index is -0.384. The van der Waals surface area contributed by atoms with Crippen molar-refractivity contribution in [3.63, 3.8) is 0 Å². The third kappa shape index (κ3) is 4.55. The Morgan fingerprint density at radius 3 is 2.79 bits per heavy atom. The molecule has 0 aliphatic carbocycles. The van der Waals surface area contributed by atoms with Gasteiger partial charge in [0.25, 0.3) is 11.5 Å². The monoisotopic (exact) mass is 330 g/mol. The lowest BCUT2D eigenvalue weighted by Gasteiger charge is -2.10. The van der Waals surface area contributed by atoms with Gasteiger partial charge in [0, 0.05) is 44.6 Å². The Labute approximate surface area is 140 Å². The Hall–Kier alpha value is -2.90. The Bertz CT molecular complexity index is 771. The van der Waals surface area contributed by atoms with Crippen molar-refractivity contribution in [1.82, 2.24) is 19.9 Å². The van der Waals surface area contributed by atoms with Gasteiger partial charge < -0.3 is 20.5 Å². The van der Waals surface area contributed by atoms with Gasteiger partial charge in [-0.1, -0.05) is 0 Å². The van der Waals surface area contributed by atoms with Crippen LogP contribution in [0.3, 0.4) is 0 Å². The normalized spacial score (nSPS) is 10.3. The Morgan fingerprint density at radius 2 is 2.04 bits per heavy atom. The van der Waals surface area contributed by atoms with Gasteiger partial charge in [0.15, 0.2) is 0 Å². The molecule has 0 atom stereocenters. The van der Waals surface area contributed by atoms with Gasteiger partial charge in [0.2, 0.25) is 5.95 Å². The fourth-order valence-corrected chi connectivity index (χ4v) is 2.13. The first-order chi connectivity index (χ1) is 11.5. The van der Waals surface area contributed by atoms with Crippen LogP contribution in [0, 0.1) is 6.92 Å². The molecule has 0 radical (unpaired) electrons. The van der Waals surface area contributed by atoms with E-state index >= 15 is 0 Å². The summed E-state index contributed by atoms with van der Waals surface area (Å²) in [6, 6.07) is 5.01. The van der Waals surface area contributed by atoms with E-state index in [1.54, 1.807) is 19.3 Å². The first-order valence-electron chi connectivity index (χ1n) is 7.78. The molecule has 128 valence electrons. The number of anilines is 2. The molecular weight excluding hydrogens is 308 g/mol. The molecule has 8 heteroatoms. The van der Waals surface area contributed by atoms with E-state index in [9.17, 15) is 9.59 Å². The summed E-state index contributed by atoms with van der Waals surface area (Å²) >= 11 is 0. The molecule has 8 nitrogen and oxygen atoms in total. The lowest BCUT2D eigenvalue weighted by atomic mass is 10.2. The van der Waals surface area contributed by atoms with Gasteiger partial charge in [-0.2, -0.15) is 4.98 Å². The molecule has 2 rings (SSSR count). The number of pyridine rings is 1. The van der Waals surface area contributed by atoms with Crippen molar-refractivity contribution < 1.29 is 4.79 Å². The standard InChI is InChI=1S/C16H22N6O2/c1-4-17-16-20-11(2)10-13(21-16)18-7-8-19-14(23)12-6-5-9-22(3)15(12)24/h5-6,9-10H,4,7-8H2,1-3H3,(H,19,23)(H2,17,18,20,21). The van der Waals surface area contributed by atoms with E-state index in [1.165, 1.54) is 10.6 Å². The zero-order valence-corrected chi connectivity index (χ0v) is 14.1. The van der Waals surface area contributed by atoms with Crippen molar-refractivity contribution in [2.45, 2.75) is 13.8 Å². The van der Waals surface area contributed by atoms with Gasteiger partial charge in [-0.25, -0.2) is 4.98 Å². The second kappa shape index (κ2) is 8.09. The van der Waals surface area contributed by atoms with Crippen LogP contribution in [-0.2, 0) is 7.05 Å². The van der Waals surface area contributed by atoms with Crippen LogP contribution >= 0.6 is 0 Å². The van der Waals surface area contributed by atoms with Gasteiger partial charge in [-0.3, -0.25) is 9.59 Å². The van der Waals surface area contributed by atoms with Gasteiger partial charge in [0.05, 0.1) is 0 Å². The minimum Gasteiger partial charge on any atom is -0.368 e. The van der Waals surface area contributed by atoms with Gasteiger partial charge in [-0.15, -0.1) is 0 Å². The molecule has 0 fully saturated rings. The average Bonchev–Trinajstić information content (AvgIpc) is 2.54. The topological polar surface area (TPSA) is 101 Å². The number of nitrogens with one attached hydrogen (secondary N) is 3. The number of aryl methyl sites for hydroxylation is 2. The van der Waals surface area contributed by atoms with Crippen LogP contribution < -0.4 is 21.5 Å². The maximum absolute atomic E-state index is 12.0. The number of hydrogen-bond donors (Lipinski definition) is 3. The molecule has 1 amide bonds. The van der Waals surface area contributed by atoms with Crippen LogP contribution in [0.4, 0.5) is 11.8 Å². The van der Waals surface area contributed by atoms with Gasteiger partial charge >= 0.3 is 0 Å². The third-order valence-electron chi connectivity index (χ3n) is 3.27. The SMILES string of the molecule is CCNc1nc(C)cc(NCCNC(=O)c2cccn(C)c2=O)n1. The fourth-order valence-electron chi connectivity index (χ4n) is 2.13. The first kappa shape index (κ1) is 17.5. The van der Waals surface area contributed by atoms with Crippen molar-refractivity contribution in [2.24, 2.45) is 7.05 Å².